The third-order valence-electron chi connectivity index (χ3n) is 3.82. The minimum Gasteiger partial charge on any atom is -0.444 e. The first-order valence-electron chi connectivity index (χ1n) is 7.75. The van der Waals surface area contributed by atoms with Gasteiger partial charge in [0.05, 0.1) is 12.1 Å². The minimum atomic E-state index is -0.928. The molecule has 0 saturated carbocycles. The van der Waals surface area contributed by atoms with Gasteiger partial charge in [-0.3, -0.25) is 4.90 Å². The fraction of sp³-hybridized carbons (Fsp3) is 0.529. The van der Waals surface area contributed by atoms with Crippen molar-refractivity contribution < 1.29 is 18.3 Å². The van der Waals surface area contributed by atoms with Crippen molar-refractivity contribution in [1.82, 2.24) is 10.2 Å². The van der Waals surface area contributed by atoms with Crippen LogP contribution < -0.4 is 5.32 Å². The highest BCUT2D eigenvalue weighted by atomic mass is 19.2. The predicted octanol–water partition coefficient (Wildman–Crippen LogP) is 2.78. The lowest BCUT2D eigenvalue weighted by Crippen LogP contribution is -2.46. The molecule has 0 unspecified atom stereocenters. The molecule has 1 amide bonds. The standard InChI is InChI=1S/C17H21F2N3O2/c1-17(2,3)24-16(23)22(7-6-20)15-10-21-9-12(15)11-4-5-13(18)14(19)8-11/h4-5,8,12,15,21H,7,9-10H2,1-3H3/t12-,15+/m0/s1. The Morgan fingerprint density at radius 3 is 2.67 bits per heavy atom. The summed E-state index contributed by atoms with van der Waals surface area (Å²) in [4.78, 5) is 13.8. The van der Waals surface area contributed by atoms with Gasteiger partial charge < -0.3 is 10.1 Å². The van der Waals surface area contributed by atoms with Gasteiger partial charge in [0.25, 0.3) is 0 Å². The van der Waals surface area contributed by atoms with Crippen molar-refractivity contribution in [2.75, 3.05) is 19.6 Å². The number of benzene rings is 1. The Labute approximate surface area is 140 Å². The molecule has 1 fully saturated rings. The van der Waals surface area contributed by atoms with Gasteiger partial charge in [0.1, 0.15) is 12.1 Å². The molecule has 0 aliphatic carbocycles. The number of hydrogen-bond acceptors (Lipinski definition) is 4. The zero-order chi connectivity index (χ0) is 17.9. The maximum absolute atomic E-state index is 13.5. The summed E-state index contributed by atoms with van der Waals surface area (Å²) in [6.07, 6.45) is -0.592. The average Bonchev–Trinajstić information content (AvgIpc) is 2.94. The lowest BCUT2D eigenvalue weighted by molar-refractivity contribution is 0.0193. The zero-order valence-corrected chi connectivity index (χ0v) is 14.0. The van der Waals surface area contributed by atoms with E-state index in [4.69, 9.17) is 10.00 Å². The number of rotatable bonds is 3. The molecule has 1 aliphatic rings. The van der Waals surface area contributed by atoms with Gasteiger partial charge in [-0.15, -0.1) is 0 Å². The fourth-order valence-electron chi connectivity index (χ4n) is 2.79. The molecule has 1 aromatic carbocycles. The lowest BCUT2D eigenvalue weighted by atomic mass is 9.93. The van der Waals surface area contributed by atoms with Gasteiger partial charge in [-0.05, 0) is 38.5 Å². The zero-order valence-electron chi connectivity index (χ0n) is 14.0. The van der Waals surface area contributed by atoms with Crippen LogP contribution in [0, 0.1) is 23.0 Å². The van der Waals surface area contributed by atoms with E-state index >= 15 is 0 Å². The van der Waals surface area contributed by atoms with Gasteiger partial charge in [-0.1, -0.05) is 6.07 Å². The molecule has 1 N–H and O–H groups in total. The quantitative estimate of drug-likeness (QED) is 0.862. The molecule has 1 heterocycles. The third kappa shape index (κ3) is 4.20. The summed E-state index contributed by atoms with van der Waals surface area (Å²) >= 11 is 0. The Bertz CT molecular complexity index is 652. The molecule has 0 aromatic heterocycles. The summed E-state index contributed by atoms with van der Waals surface area (Å²) in [6.45, 7) is 6.05. The maximum atomic E-state index is 13.5. The minimum absolute atomic E-state index is 0.137. The molecule has 5 nitrogen and oxygen atoms in total. The number of nitriles is 1. The van der Waals surface area contributed by atoms with E-state index in [0.717, 1.165) is 12.1 Å². The SMILES string of the molecule is CC(C)(C)OC(=O)N(CC#N)[C@@H]1CNC[C@H]1c1ccc(F)c(F)c1. The molecular formula is C17H21F2N3O2. The van der Waals surface area contributed by atoms with E-state index in [1.807, 2.05) is 6.07 Å². The van der Waals surface area contributed by atoms with Crippen molar-refractivity contribution in [3.8, 4) is 6.07 Å². The Morgan fingerprint density at radius 1 is 1.38 bits per heavy atom. The highest BCUT2D eigenvalue weighted by Crippen LogP contribution is 2.29. The Hall–Kier alpha value is -2.20. The van der Waals surface area contributed by atoms with Crippen molar-refractivity contribution in [3.05, 3.63) is 35.4 Å². The number of hydrogen-bond donors (Lipinski definition) is 1. The predicted molar refractivity (Wildman–Crippen MR) is 84.3 cm³/mol. The molecule has 1 saturated heterocycles. The smallest absolute Gasteiger partial charge is 0.411 e. The van der Waals surface area contributed by atoms with E-state index in [2.05, 4.69) is 5.32 Å². The van der Waals surface area contributed by atoms with Gasteiger partial charge in [0.15, 0.2) is 11.6 Å². The molecule has 2 rings (SSSR count). The van der Waals surface area contributed by atoms with Crippen molar-refractivity contribution in [1.29, 1.82) is 5.26 Å². The molecular weight excluding hydrogens is 316 g/mol. The highest BCUT2D eigenvalue weighted by molar-refractivity contribution is 5.69. The topological polar surface area (TPSA) is 65.4 Å². The van der Waals surface area contributed by atoms with Crippen LogP contribution in [0.5, 0.6) is 0 Å². The number of halogens is 2. The second-order valence-corrected chi connectivity index (χ2v) is 6.77. The molecule has 130 valence electrons. The summed E-state index contributed by atoms with van der Waals surface area (Å²) in [7, 11) is 0. The molecule has 24 heavy (non-hydrogen) atoms. The van der Waals surface area contributed by atoms with Gasteiger partial charge in [0, 0.05) is 19.0 Å². The molecule has 1 aliphatic heterocycles. The number of ether oxygens (including phenoxy) is 1. The molecule has 0 bridgehead atoms. The summed E-state index contributed by atoms with van der Waals surface area (Å²) in [6, 6.07) is 5.31. The van der Waals surface area contributed by atoms with Gasteiger partial charge >= 0.3 is 6.09 Å². The number of carbonyl (C=O) groups is 1. The third-order valence-corrected chi connectivity index (χ3v) is 3.82. The van der Waals surface area contributed by atoms with Crippen molar-refractivity contribution >= 4 is 6.09 Å². The highest BCUT2D eigenvalue weighted by Gasteiger charge is 2.37. The number of nitrogens with zero attached hydrogens (tertiary/aromatic N) is 2. The first-order chi connectivity index (χ1) is 11.2. The van der Waals surface area contributed by atoms with E-state index in [-0.39, 0.29) is 18.5 Å². The molecule has 0 radical (unpaired) electrons. The van der Waals surface area contributed by atoms with Crippen LogP contribution in [0.25, 0.3) is 0 Å². The van der Waals surface area contributed by atoms with Crippen LogP contribution in [-0.4, -0.2) is 42.3 Å². The first-order valence-corrected chi connectivity index (χ1v) is 7.75. The summed E-state index contributed by atoms with van der Waals surface area (Å²) in [5.41, 5.74) is -0.107. The Kier molecular flexibility index (Phi) is 5.40. The lowest BCUT2D eigenvalue weighted by Gasteiger charge is -2.32. The maximum Gasteiger partial charge on any atom is 0.411 e. The molecule has 1 aromatic rings. The average molecular weight is 337 g/mol. The Morgan fingerprint density at radius 2 is 2.08 bits per heavy atom. The molecule has 7 heteroatoms. The van der Waals surface area contributed by atoms with Crippen molar-refractivity contribution in [2.24, 2.45) is 0 Å². The van der Waals surface area contributed by atoms with Crippen LogP contribution in [0.2, 0.25) is 0 Å². The van der Waals surface area contributed by atoms with Crippen LogP contribution in [-0.2, 0) is 4.74 Å². The summed E-state index contributed by atoms with van der Waals surface area (Å²) in [5, 5.41) is 12.2. The van der Waals surface area contributed by atoms with Crippen molar-refractivity contribution in [3.63, 3.8) is 0 Å². The summed E-state index contributed by atoms with van der Waals surface area (Å²) in [5.74, 6) is -2.09. The van der Waals surface area contributed by atoms with Crippen LogP contribution in [0.1, 0.15) is 32.3 Å². The molecule has 0 spiro atoms. The van der Waals surface area contributed by atoms with Crippen LogP contribution >= 0.6 is 0 Å². The van der Waals surface area contributed by atoms with Crippen molar-refractivity contribution in [2.45, 2.75) is 38.3 Å². The van der Waals surface area contributed by atoms with E-state index in [1.165, 1.54) is 11.0 Å². The molecule has 2 atom stereocenters. The van der Waals surface area contributed by atoms with Crippen LogP contribution in [0.3, 0.4) is 0 Å². The van der Waals surface area contributed by atoms with E-state index < -0.39 is 23.3 Å². The van der Waals surface area contributed by atoms with Gasteiger partial charge in [-0.25, -0.2) is 13.6 Å². The first kappa shape index (κ1) is 18.1. The van der Waals surface area contributed by atoms with E-state index in [1.54, 1.807) is 20.8 Å². The monoisotopic (exact) mass is 337 g/mol. The number of amides is 1. The van der Waals surface area contributed by atoms with E-state index in [9.17, 15) is 13.6 Å². The second kappa shape index (κ2) is 7.14. The normalized spacial score (nSPS) is 20.5. The van der Waals surface area contributed by atoms with Crippen LogP contribution in [0.15, 0.2) is 18.2 Å². The van der Waals surface area contributed by atoms with Gasteiger partial charge in [0.2, 0.25) is 0 Å². The summed E-state index contributed by atoms with van der Waals surface area (Å²) < 4.78 is 32.1. The number of carbonyl (C=O) groups excluding carboxylic acids is 1. The van der Waals surface area contributed by atoms with Crippen LogP contribution in [0.4, 0.5) is 13.6 Å². The van der Waals surface area contributed by atoms with E-state index in [0.29, 0.717) is 18.7 Å². The largest absolute Gasteiger partial charge is 0.444 e. The number of nitrogens with one attached hydrogen (secondary N) is 1. The Balaban J connectivity index is 2.26. The van der Waals surface area contributed by atoms with Gasteiger partial charge in [-0.2, -0.15) is 5.26 Å². The fourth-order valence-corrected chi connectivity index (χ4v) is 2.79. The second-order valence-electron chi connectivity index (χ2n) is 6.77.